The van der Waals surface area contributed by atoms with Gasteiger partial charge in [-0.3, -0.25) is 14.5 Å². The van der Waals surface area contributed by atoms with Crippen molar-refractivity contribution in [2.75, 3.05) is 46.9 Å². The zero-order chi connectivity index (χ0) is 22.5. The van der Waals surface area contributed by atoms with E-state index in [9.17, 15) is 9.59 Å². The second-order valence-electron chi connectivity index (χ2n) is 8.39. The Labute approximate surface area is 188 Å². The number of ether oxygens (including phenoxy) is 1. The fourth-order valence-corrected chi connectivity index (χ4v) is 4.58. The SMILES string of the molecule is Cc1nc(CN2CCN(C(=O)COc3ccc(C(C)C)cc3)CC2)sc1C(=O)N(C)C. The summed E-state index contributed by atoms with van der Waals surface area (Å²) < 4.78 is 5.69. The van der Waals surface area contributed by atoms with Crippen LogP contribution in [0.15, 0.2) is 24.3 Å². The molecule has 0 unspecified atom stereocenters. The number of amides is 2. The molecule has 0 spiro atoms. The van der Waals surface area contributed by atoms with E-state index < -0.39 is 0 Å². The van der Waals surface area contributed by atoms with E-state index in [2.05, 4.69) is 23.7 Å². The van der Waals surface area contributed by atoms with Crippen LogP contribution in [0, 0.1) is 6.92 Å². The third kappa shape index (κ3) is 6.04. The predicted molar refractivity (Wildman–Crippen MR) is 123 cm³/mol. The maximum Gasteiger partial charge on any atom is 0.265 e. The number of thiazole rings is 1. The molecule has 0 N–H and O–H groups in total. The lowest BCUT2D eigenvalue weighted by atomic mass is 10.0. The Hall–Kier alpha value is -2.45. The summed E-state index contributed by atoms with van der Waals surface area (Å²) in [6, 6.07) is 7.93. The maximum atomic E-state index is 12.5. The molecule has 1 saturated heterocycles. The van der Waals surface area contributed by atoms with Crippen LogP contribution in [0.1, 0.15) is 45.7 Å². The van der Waals surface area contributed by atoms with Crippen molar-refractivity contribution < 1.29 is 14.3 Å². The van der Waals surface area contributed by atoms with Crippen molar-refractivity contribution in [2.24, 2.45) is 0 Å². The van der Waals surface area contributed by atoms with Gasteiger partial charge in [0, 0.05) is 40.3 Å². The highest BCUT2D eigenvalue weighted by molar-refractivity contribution is 7.13. The molecule has 0 aliphatic carbocycles. The Morgan fingerprint density at radius 3 is 2.35 bits per heavy atom. The topological polar surface area (TPSA) is 66.0 Å². The molecule has 0 atom stereocenters. The van der Waals surface area contributed by atoms with E-state index >= 15 is 0 Å². The van der Waals surface area contributed by atoms with Gasteiger partial charge in [-0.1, -0.05) is 26.0 Å². The normalized spacial score (nSPS) is 14.7. The summed E-state index contributed by atoms with van der Waals surface area (Å²) in [5, 5.41) is 0.940. The van der Waals surface area contributed by atoms with Gasteiger partial charge in [-0.2, -0.15) is 0 Å². The molecule has 168 valence electrons. The molecular formula is C23H32N4O3S. The second-order valence-corrected chi connectivity index (χ2v) is 9.47. The molecule has 7 nitrogen and oxygen atoms in total. The van der Waals surface area contributed by atoms with E-state index in [4.69, 9.17) is 4.74 Å². The summed E-state index contributed by atoms with van der Waals surface area (Å²) >= 11 is 1.46. The van der Waals surface area contributed by atoms with E-state index in [1.54, 1.807) is 19.0 Å². The Morgan fingerprint density at radius 1 is 1.13 bits per heavy atom. The third-order valence-electron chi connectivity index (χ3n) is 5.43. The number of rotatable bonds is 7. The number of aromatic nitrogens is 1. The van der Waals surface area contributed by atoms with Crippen molar-refractivity contribution >= 4 is 23.2 Å². The average Bonchev–Trinajstić information content (AvgIpc) is 3.11. The van der Waals surface area contributed by atoms with Crippen molar-refractivity contribution in [2.45, 2.75) is 33.2 Å². The summed E-state index contributed by atoms with van der Waals surface area (Å²) in [7, 11) is 3.50. The van der Waals surface area contributed by atoms with Crippen LogP contribution in [-0.4, -0.2) is 78.4 Å². The molecule has 1 aliphatic rings. The lowest BCUT2D eigenvalue weighted by molar-refractivity contribution is -0.135. The highest BCUT2D eigenvalue weighted by atomic mass is 32.1. The van der Waals surface area contributed by atoms with Crippen molar-refractivity contribution in [3.63, 3.8) is 0 Å². The zero-order valence-electron chi connectivity index (χ0n) is 19.1. The molecule has 0 saturated carbocycles. The fourth-order valence-electron chi connectivity index (χ4n) is 3.45. The molecule has 3 rings (SSSR count). The number of carbonyl (C=O) groups excluding carboxylic acids is 2. The van der Waals surface area contributed by atoms with E-state index in [1.165, 1.54) is 16.9 Å². The summed E-state index contributed by atoms with van der Waals surface area (Å²) in [6.07, 6.45) is 0. The van der Waals surface area contributed by atoms with E-state index in [0.29, 0.717) is 30.4 Å². The number of hydrogen-bond acceptors (Lipinski definition) is 6. The lowest BCUT2D eigenvalue weighted by Gasteiger charge is -2.34. The number of nitrogens with zero attached hydrogens (tertiary/aromatic N) is 4. The minimum absolute atomic E-state index is 0.00416. The van der Waals surface area contributed by atoms with Gasteiger partial charge in [-0.25, -0.2) is 4.98 Å². The van der Waals surface area contributed by atoms with Crippen molar-refractivity contribution in [1.29, 1.82) is 0 Å². The minimum atomic E-state index is -0.00416. The largest absolute Gasteiger partial charge is 0.484 e. The second kappa shape index (κ2) is 10.2. The van der Waals surface area contributed by atoms with Gasteiger partial charge < -0.3 is 14.5 Å². The molecule has 2 heterocycles. The van der Waals surface area contributed by atoms with Crippen LogP contribution < -0.4 is 4.74 Å². The van der Waals surface area contributed by atoms with Crippen LogP contribution in [-0.2, 0) is 11.3 Å². The van der Waals surface area contributed by atoms with E-state index in [1.807, 2.05) is 36.1 Å². The van der Waals surface area contributed by atoms with Crippen LogP contribution >= 0.6 is 11.3 Å². The molecule has 2 aromatic rings. The predicted octanol–water partition coefficient (Wildman–Crippen LogP) is 3.00. The molecule has 0 bridgehead atoms. The minimum Gasteiger partial charge on any atom is -0.484 e. The van der Waals surface area contributed by atoms with Gasteiger partial charge in [0.25, 0.3) is 11.8 Å². The molecule has 0 radical (unpaired) electrons. The Bertz CT molecular complexity index is 900. The molecule has 8 heteroatoms. The maximum absolute atomic E-state index is 12.5. The summed E-state index contributed by atoms with van der Waals surface area (Å²) in [5.41, 5.74) is 2.04. The lowest BCUT2D eigenvalue weighted by Crippen LogP contribution is -2.49. The fraction of sp³-hybridized carbons (Fsp3) is 0.522. The van der Waals surface area contributed by atoms with Gasteiger partial charge in [0.05, 0.1) is 12.2 Å². The number of piperazine rings is 1. The third-order valence-corrected chi connectivity index (χ3v) is 6.56. The van der Waals surface area contributed by atoms with E-state index in [-0.39, 0.29) is 18.4 Å². The van der Waals surface area contributed by atoms with Gasteiger partial charge in [0.1, 0.15) is 15.6 Å². The first-order valence-electron chi connectivity index (χ1n) is 10.7. The van der Waals surface area contributed by atoms with Crippen molar-refractivity contribution in [3.05, 3.63) is 45.4 Å². The van der Waals surface area contributed by atoms with Crippen LogP contribution in [0.3, 0.4) is 0 Å². The number of hydrogen-bond donors (Lipinski definition) is 0. The molecule has 2 amide bonds. The molecule has 1 aliphatic heterocycles. The Balaban J connectivity index is 1.45. The smallest absolute Gasteiger partial charge is 0.265 e. The first kappa shape index (κ1) is 23.2. The summed E-state index contributed by atoms with van der Waals surface area (Å²) in [6.45, 7) is 9.84. The summed E-state index contributed by atoms with van der Waals surface area (Å²) in [4.78, 5) is 35.7. The Kier molecular flexibility index (Phi) is 7.67. The van der Waals surface area contributed by atoms with Gasteiger partial charge in [-0.15, -0.1) is 11.3 Å². The van der Waals surface area contributed by atoms with Crippen LogP contribution in [0.25, 0.3) is 0 Å². The standard InChI is InChI=1S/C23H32N4O3S/c1-16(2)18-6-8-19(9-7-18)30-15-21(28)27-12-10-26(11-13-27)14-20-24-17(3)22(31-20)23(29)25(4)5/h6-9,16H,10-15H2,1-5H3. The van der Waals surface area contributed by atoms with Gasteiger partial charge in [0.15, 0.2) is 6.61 Å². The average molecular weight is 445 g/mol. The van der Waals surface area contributed by atoms with Crippen molar-refractivity contribution in [3.8, 4) is 5.75 Å². The van der Waals surface area contributed by atoms with Gasteiger partial charge in [0.2, 0.25) is 0 Å². The number of carbonyl (C=O) groups is 2. The molecule has 1 fully saturated rings. The molecule has 1 aromatic carbocycles. The van der Waals surface area contributed by atoms with Gasteiger partial charge >= 0.3 is 0 Å². The molecule has 31 heavy (non-hydrogen) atoms. The number of benzene rings is 1. The monoisotopic (exact) mass is 444 g/mol. The highest BCUT2D eigenvalue weighted by Crippen LogP contribution is 2.22. The molecular weight excluding hydrogens is 412 g/mol. The Morgan fingerprint density at radius 2 is 1.77 bits per heavy atom. The zero-order valence-corrected chi connectivity index (χ0v) is 19.9. The van der Waals surface area contributed by atoms with Crippen LogP contribution in [0.2, 0.25) is 0 Å². The first-order valence-corrected chi connectivity index (χ1v) is 11.5. The number of aryl methyl sites for hydroxylation is 1. The highest BCUT2D eigenvalue weighted by Gasteiger charge is 2.23. The summed E-state index contributed by atoms with van der Waals surface area (Å²) in [5.74, 6) is 1.20. The molecule has 1 aromatic heterocycles. The quantitative estimate of drug-likeness (QED) is 0.657. The van der Waals surface area contributed by atoms with Crippen LogP contribution in [0.4, 0.5) is 0 Å². The van der Waals surface area contributed by atoms with Gasteiger partial charge in [-0.05, 0) is 30.5 Å². The van der Waals surface area contributed by atoms with Crippen molar-refractivity contribution in [1.82, 2.24) is 19.7 Å². The van der Waals surface area contributed by atoms with Crippen LogP contribution in [0.5, 0.6) is 5.75 Å². The first-order chi connectivity index (χ1) is 14.7. The van der Waals surface area contributed by atoms with E-state index in [0.717, 1.165) is 29.5 Å².